The molecule has 1 aliphatic heterocycles. The Morgan fingerprint density at radius 3 is 2.91 bits per heavy atom. The summed E-state index contributed by atoms with van der Waals surface area (Å²) >= 11 is 0. The number of nitrogens with one attached hydrogen (secondary N) is 1. The van der Waals surface area contributed by atoms with Crippen LogP contribution in [0.5, 0.6) is 0 Å². The molecule has 2 aromatic heterocycles. The van der Waals surface area contributed by atoms with Gasteiger partial charge < -0.3 is 14.8 Å². The van der Waals surface area contributed by atoms with Crippen molar-refractivity contribution in [3.63, 3.8) is 0 Å². The zero-order valence-corrected chi connectivity index (χ0v) is 14.2. The molecule has 0 amide bonds. The summed E-state index contributed by atoms with van der Waals surface area (Å²) in [6.45, 7) is 6.31. The van der Waals surface area contributed by atoms with E-state index < -0.39 is 0 Å². The lowest BCUT2D eigenvalue weighted by atomic mass is 10.3. The Kier molecular flexibility index (Phi) is 7.04. The number of imidazole rings is 1. The number of aromatic nitrogens is 3. The van der Waals surface area contributed by atoms with Gasteiger partial charge in [-0.3, -0.25) is 4.90 Å². The SMILES string of the molecule is COCc1cnc2ccc(NCCCN3CCOCC3)nn12.Cl. The number of fused-ring (bicyclic) bond motifs is 1. The monoisotopic (exact) mass is 341 g/mol. The molecular weight excluding hydrogens is 318 g/mol. The molecule has 0 aliphatic carbocycles. The van der Waals surface area contributed by atoms with E-state index in [2.05, 4.69) is 20.3 Å². The van der Waals surface area contributed by atoms with Gasteiger partial charge in [0, 0.05) is 26.7 Å². The first kappa shape index (κ1) is 17.9. The highest BCUT2D eigenvalue weighted by Gasteiger charge is 2.09. The van der Waals surface area contributed by atoms with Crippen molar-refractivity contribution in [2.24, 2.45) is 0 Å². The average molecular weight is 342 g/mol. The minimum atomic E-state index is 0. The van der Waals surface area contributed by atoms with E-state index in [9.17, 15) is 0 Å². The quantitative estimate of drug-likeness (QED) is 0.769. The van der Waals surface area contributed by atoms with E-state index in [-0.39, 0.29) is 12.4 Å². The molecule has 2 aromatic rings. The molecule has 1 aliphatic rings. The molecule has 0 saturated carbocycles. The van der Waals surface area contributed by atoms with Crippen molar-refractivity contribution in [1.82, 2.24) is 19.5 Å². The van der Waals surface area contributed by atoms with Crippen LogP contribution in [0.25, 0.3) is 5.65 Å². The van der Waals surface area contributed by atoms with Crippen molar-refractivity contribution in [2.75, 3.05) is 51.8 Å². The van der Waals surface area contributed by atoms with E-state index in [1.54, 1.807) is 13.3 Å². The van der Waals surface area contributed by atoms with Crippen molar-refractivity contribution < 1.29 is 9.47 Å². The van der Waals surface area contributed by atoms with Crippen LogP contribution < -0.4 is 5.32 Å². The van der Waals surface area contributed by atoms with E-state index >= 15 is 0 Å². The van der Waals surface area contributed by atoms with Gasteiger partial charge in [-0.1, -0.05) is 0 Å². The standard InChI is InChI=1S/C15H23N5O2.ClH/c1-21-12-13-11-17-15-4-3-14(18-20(13)15)16-5-2-6-19-7-9-22-10-8-19;/h3-4,11H,2,5-10,12H2,1H3,(H,16,18);1H. The smallest absolute Gasteiger partial charge is 0.154 e. The number of methoxy groups -OCH3 is 1. The predicted molar refractivity (Wildman–Crippen MR) is 91.3 cm³/mol. The number of anilines is 1. The van der Waals surface area contributed by atoms with E-state index in [1.165, 1.54) is 0 Å². The van der Waals surface area contributed by atoms with Crippen LogP contribution in [0.2, 0.25) is 0 Å². The predicted octanol–water partition coefficient (Wildman–Crippen LogP) is 1.43. The molecule has 7 nitrogen and oxygen atoms in total. The zero-order valence-electron chi connectivity index (χ0n) is 13.4. The number of morpholine rings is 1. The van der Waals surface area contributed by atoms with E-state index in [1.807, 2.05) is 16.6 Å². The van der Waals surface area contributed by atoms with Gasteiger partial charge in [0.05, 0.1) is 31.7 Å². The van der Waals surface area contributed by atoms with Gasteiger partial charge in [-0.25, -0.2) is 9.50 Å². The first-order valence-corrected chi connectivity index (χ1v) is 7.73. The lowest BCUT2D eigenvalue weighted by molar-refractivity contribution is 0.0378. The summed E-state index contributed by atoms with van der Waals surface area (Å²) in [5.41, 5.74) is 1.79. The van der Waals surface area contributed by atoms with Gasteiger partial charge in [-0.15, -0.1) is 17.5 Å². The Morgan fingerprint density at radius 2 is 2.13 bits per heavy atom. The first-order valence-electron chi connectivity index (χ1n) is 7.73. The fraction of sp³-hybridized carbons (Fsp3) is 0.600. The number of nitrogens with zero attached hydrogens (tertiary/aromatic N) is 4. The Balaban J connectivity index is 0.00000192. The first-order chi connectivity index (χ1) is 10.9. The average Bonchev–Trinajstić information content (AvgIpc) is 2.96. The van der Waals surface area contributed by atoms with E-state index in [0.717, 1.165) is 63.0 Å². The largest absolute Gasteiger partial charge is 0.379 e. The van der Waals surface area contributed by atoms with Crippen molar-refractivity contribution in [3.05, 3.63) is 24.0 Å². The molecule has 0 bridgehead atoms. The minimum Gasteiger partial charge on any atom is -0.379 e. The number of rotatable bonds is 7. The number of halogens is 1. The third kappa shape index (κ3) is 4.78. The Bertz CT molecular complexity index is 601. The molecular formula is C15H24ClN5O2. The second kappa shape index (κ2) is 9.02. The number of hydrogen-bond donors (Lipinski definition) is 1. The van der Waals surface area contributed by atoms with Crippen LogP contribution in [0.15, 0.2) is 18.3 Å². The van der Waals surface area contributed by atoms with Gasteiger partial charge in [0.25, 0.3) is 0 Å². The van der Waals surface area contributed by atoms with Gasteiger partial charge in [0.2, 0.25) is 0 Å². The van der Waals surface area contributed by atoms with Gasteiger partial charge in [-0.2, -0.15) is 0 Å². The van der Waals surface area contributed by atoms with Crippen molar-refractivity contribution in [3.8, 4) is 0 Å². The summed E-state index contributed by atoms with van der Waals surface area (Å²) in [7, 11) is 1.67. The van der Waals surface area contributed by atoms with Gasteiger partial charge in [0.1, 0.15) is 5.82 Å². The summed E-state index contributed by atoms with van der Waals surface area (Å²) in [6.07, 6.45) is 2.89. The summed E-state index contributed by atoms with van der Waals surface area (Å²) < 4.78 is 12.3. The molecule has 3 heterocycles. The van der Waals surface area contributed by atoms with Gasteiger partial charge in [-0.05, 0) is 25.1 Å². The Labute approximate surface area is 142 Å². The molecule has 128 valence electrons. The summed E-state index contributed by atoms with van der Waals surface area (Å²) in [6, 6.07) is 3.93. The van der Waals surface area contributed by atoms with Crippen LogP contribution in [-0.2, 0) is 16.1 Å². The highest BCUT2D eigenvalue weighted by Crippen LogP contribution is 2.10. The van der Waals surface area contributed by atoms with Crippen molar-refractivity contribution in [2.45, 2.75) is 13.0 Å². The summed E-state index contributed by atoms with van der Waals surface area (Å²) in [5.74, 6) is 0.866. The molecule has 8 heteroatoms. The van der Waals surface area contributed by atoms with Crippen molar-refractivity contribution in [1.29, 1.82) is 0 Å². The maximum Gasteiger partial charge on any atom is 0.154 e. The fourth-order valence-corrected chi connectivity index (χ4v) is 2.61. The second-order valence-corrected chi connectivity index (χ2v) is 5.41. The van der Waals surface area contributed by atoms with Gasteiger partial charge >= 0.3 is 0 Å². The number of hydrogen-bond acceptors (Lipinski definition) is 6. The summed E-state index contributed by atoms with van der Waals surface area (Å²) in [5, 5.41) is 7.94. The molecule has 1 fully saturated rings. The zero-order chi connectivity index (χ0) is 15.2. The van der Waals surface area contributed by atoms with Crippen LogP contribution in [-0.4, -0.2) is 66.0 Å². The summed E-state index contributed by atoms with van der Waals surface area (Å²) in [4.78, 5) is 6.75. The second-order valence-electron chi connectivity index (χ2n) is 5.41. The molecule has 0 aromatic carbocycles. The van der Waals surface area contributed by atoms with Crippen molar-refractivity contribution >= 4 is 23.9 Å². The van der Waals surface area contributed by atoms with Crippen LogP contribution in [0, 0.1) is 0 Å². The minimum absolute atomic E-state index is 0. The van der Waals surface area contributed by atoms with E-state index in [4.69, 9.17) is 9.47 Å². The van der Waals surface area contributed by atoms with Crippen LogP contribution in [0.3, 0.4) is 0 Å². The topological polar surface area (TPSA) is 63.9 Å². The molecule has 3 rings (SSSR count). The third-order valence-electron chi connectivity index (χ3n) is 3.79. The molecule has 0 spiro atoms. The lowest BCUT2D eigenvalue weighted by Crippen LogP contribution is -2.37. The molecule has 1 N–H and O–H groups in total. The number of ether oxygens (including phenoxy) is 2. The third-order valence-corrected chi connectivity index (χ3v) is 3.79. The van der Waals surface area contributed by atoms with Crippen LogP contribution in [0.1, 0.15) is 12.1 Å². The molecule has 0 radical (unpaired) electrons. The Hall–Kier alpha value is -1.41. The van der Waals surface area contributed by atoms with Crippen LogP contribution in [0.4, 0.5) is 5.82 Å². The molecule has 23 heavy (non-hydrogen) atoms. The molecule has 0 atom stereocenters. The van der Waals surface area contributed by atoms with E-state index in [0.29, 0.717) is 6.61 Å². The molecule has 1 saturated heterocycles. The maximum absolute atomic E-state index is 5.35. The fourth-order valence-electron chi connectivity index (χ4n) is 2.61. The van der Waals surface area contributed by atoms with Crippen LogP contribution >= 0.6 is 12.4 Å². The Morgan fingerprint density at radius 1 is 1.30 bits per heavy atom. The lowest BCUT2D eigenvalue weighted by Gasteiger charge is -2.26. The van der Waals surface area contributed by atoms with Gasteiger partial charge in [0.15, 0.2) is 5.65 Å². The molecule has 0 unspecified atom stereocenters. The highest BCUT2D eigenvalue weighted by molar-refractivity contribution is 5.85. The normalized spacial score (nSPS) is 15.5. The highest BCUT2D eigenvalue weighted by atomic mass is 35.5. The maximum atomic E-state index is 5.35.